The molecule has 1 fully saturated rings. The van der Waals surface area contributed by atoms with Gasteiger partial charge in [0.25, 0.3) is 0 Å². The van der Waals surface area contributed by atoms with Crippen LogP contribution in [0.5, 0.6) is 5.75 Å². The first-order valence-electron chi connectivity index (χ1n) is 9.85. The summed E-state index contributed by atoms with van der Waals surface area (Å²) in [6, 6.07) is 19.8. The zero-order chi connectivity index (χ0) is 19.7. The van der Waals surface area contributed by atoms with Gasteiger partial charge in [0.1, 0.15) is 18.0 Å². The number of hydrogen-bond donors (Lipinski definition) is 0. The molecule has 0 saturated carbocycles. The summed E-state index contributed by atoms with van der Waals surface area (Å²) in [6.45, 7) is 4.62. The molecule has 1 aliphatic heterocycles. The molecule has 0 unspecified atom stereocenters. The summed E-state index contributed by atoms with van der Waals surface area (Å²) >= 11 is 0. The third-order valence-electron chi connectivity index (χ3n) is 5.04. The smallest absolute Gasteiger partial charge is 0.306 e. The minimum atomic E-state index is -0.519. The van der Waals surface area contributed by atoms with Gasteiger partial charge in [-0.1, -0.05) is 67.3 Å². The molecule has 0 radical (unpaired) electrons. The van der Waals surface area contributed by atoms with Gasteiger partial charge in [0.2, 0.25) is 0 Å². The number of carbonyl (C=O) groups excluding carboxylic acids is 1. The van der Waals surface area contributed by atoms with Gasteiger partial charge in [-0.15, -0.1) is 12.4 Å². The monoisotopic (exact) mass is 413 g/mol. The summed E-state index contributed by atoms with van der Waals surface area (Å²) in [5.74, 6) is 6.95. The van der Waals surface area contributed by atoms with Crippen LogP contribution in [0.1, 0.15) is 31.7 Å². The van der Waals surface area contributed by atoms with Gasteiger partial charge < -0.3 is 9.47 Å². The Hall–Kier alpha value is -2.48. The van der Waals surface area contributed by atoms with Gasteiger partial charge in [-0.3, -0.25) is 9.69 Å². The van der Waals surface area contributed by atoms with Crippen molar-refractivity contribution in [2.24, 2.45) is 0 Å². The molecule has 2 aromatic rings. The van der Waals surface area contributed by atoms with Gasteiger partial charge in [-0.2, -0.15) is 0 Å². The van der Waals surface area contributed by atoms with Gasteiger partial charge in [0.05, 0.1) is 6.54 Å². The van der Waals surface area contributed by atoms with Gasteiger partial charge in [0, 0.05) is 32.4 Å². The number of rotatable bonds is 6. The molecule has 154 valence electrons. The molecule has 4 nitrogen and oxygen atoms in total. The van der Waals surface area contributed by atoms with Crippen molar-refractivity contribution >= 4 is 18.4 Å². The second-order valence-electron chi connectivity index (χ2n) is 6.92. The van der Waals surface area contributed by atoms with Gasteiger partial charge in [0.15, 0.2) is 0 Å². The van der Waals surface area contributed by atoms with Crippen molar-refractivity contribution in [3.63, 3.8) is 0 Å². The molecule has 2 aromatic carbocycles. The summed E-state index contributed by atoms with van der Waals surface area (Å²) < 4.78 is 11.5. The molecular formula is C24H28ClNO3. The Bertz CT molecular complexity index is 806. The number of likely N-dealkylation sites (tertiary alicyclic amines) is 1. The van der Waals surface area contributed by atoms with E-state index < -0.39 is 5.60 Å². The van der Waals surface area contributed by atoms with Crippen LogP contribution in [-0.4, -0.2) is 37.1 Å². The van der Waals surface area contributed by atoms with Crippen molar-refractivity contribution < 1.29 is 14.3 Å². The van der Waals surface area contributed by atoms with Crippen molar-refractivity contribution in [2.75, 3.05) is 26.2 Å². The lowest BCUT2D eigenvalue weighted by molar-refractivity contribution is -0.166. The second kappa shape index (κ2) is 11.5. The largest absolute Gasteiger partial charge is 0.481 e. The minimum absolute atomic E-state index is 0. The van der Waals surface area contributed by atoms with E-state index in [-0.39, 0.29) is 18.4 Å². The third-order valence-corrected chi connectivity index (χ3v) is 5.04. The number of ether oxygens (including phenoxy) is 2. The van der Waals surface area contributed by atoms with E-state index in [1.54, 1.807) is 0 Å². The molecule has 0 amide bonds. The van der Waals surface area contributed by atoms with E-state index in [9.17, 15) is 4.79 Å². The van der Waals surface area contributed by atoms with Crippen LogP contribution in [0.25, 0.3) is 0 Å². The summed E-state index contributed by atoms with van der Waals surface area (Å²) in [5, 5.41) is 0. The first-order valence-corrected chi connectivity index (χ1v) is 9.85. The Morgan fingerprint density at radius 3 is 2.24 bits per heavy atom. The maximum Gasteiger partial charge on any atom is 0.306 e. The highest BCUT2D eigenvalue weighted by molar-refractivity contribution is 5.85. The van der Waals surface area contributed by atoms with Crippen molar-refractivity contribution in [1.29, 1.82) is 0 Å². The standard InChI is InChI=1S/C24H27NO3.ClH/c1-2-23(26)28-24(21-11-5-3-6-12-21)15-18-25(19-16-24)17-9-10-20-27-22-13-7-4-8-14-22;/h3-8,11-14H,2,15-20H2,1H3;1H. The van der Waals surface area contributed by atoms with Crippen molar-refractivity contribution in [2.45, 2.75) is 31.8 Å². The normalized spacial score (nSPS) is 15.3. The Kier molecular flexibility index (Phi) is 9.05. The number of nitrogens with zero attached hydrogens (tertiary/aromatic N) is 1. The lowest BCUT2D eigenvalue weighted by atomic mass is 9.84. The highest BCUT2D eigenvalue weighted by atomic mass is 35.5. The number of hydrogen-bond acceptors (Lipinski definition) is 4. The zero-order valence-electron chi connectivity index (χ0n) is 16.8. The molecular weight excluding hydrogens is 386 g/mol. The fourth-order valence-electron chi connectivity index (χ4n) is 3.41. The molecule has 0 aliphatic carbocycles. The van der Waals surface area contributed by atoms with E-state index >= 15 is 0 Å². The highest BCUT2D eigenvalue weighted by Gasteiger charge is 2.39. The van der Waals surface area contributed by atoms with Crippen molar-refractivity contribution in [1.82, 2.24) is 4.90 Å². The molecule has 0 atom stereocenters. The molecule has 1 saturated heterocycles. The van der Waals surface area contributed by atoms with E-state index in [1.165, 1.54) is 0 Å². The van der Waals surface area contributed by atoms with E-state index in [1.807, 2.05) is 55.5 Å². The average Bonchev–Trinajstić information content (AvgIpc) is 2.76. The van der Waals surface area contributed by atoms with Crippen LogP contribution in [0.2, 0.25) is 0 Å². The summed E-state index contributed by atoms with van der Waals surface area (Å²) in [7, 11) is 0. The third kappa shape index (κ3) is 6.52. The molecule has 3 rings (SSSR count). The summed E-state index contributed by atoms with van der Waals surface area (Å²) in [5.41, 5.74) is 0.563. The van der Waals surface area contributed by atoms with E-state index in [0.717, 1.165) is 37.2 Å². The quantitative estimate of drug-likeness (QED) is 0.518. The predicted octanol–water partition coefficient (Wildman–Crippen LogP) is 4.44. The first kappa shape index (κ1) is 22.8. The fraction of sp³-hybridized carbons (Fsp3) is 0.375. The van der Waals surface area contributed by atoms with Gasteiger partial charge >= 0.3 is 5.97 Å². The summed E-state index contributed by atoms with van der Waals surface area (Å²) in [4.78, 5) is 14.3. The van der Waals surface area contributed by atoms with Crippen LogP contribution in [0.3, 0.4) is 0 Å². The Morgan fingerprint density at radius 2 is 1.62 bits per heavy atom. The Labute approximate surface area is 179 Å². The molecule has 0 bridgehead atoms. The number of carbonyl (C=O) groups is 1. The topological polar surface area (TPSA) is 38.8 Å². The number of piperidine rings is 1. The first-order chi connectivity index (χ1) is 13.7. The van der Waals surface area contributed by atoms with E-state index in [0.29, 0.717) is 19.6 Å². The van der Waals surface area contributed by atoms with E-state index in [4.69, 9.17) is 9.47 Å². The van der Waals surface area contributed by atoms with Gasteiger partial charge in [-0.25, -0.2) is 0 Å². The minimum Gasteiger partial charge on any atom is -0.481 e. The molecule has 0 N–H and O–H groups in total. The second-order valence-corrected chi connectivity index (χ2v) is 6.92. The Morgan fingerprint density at radius 1 is 1.00 bits per heavy atom. The predicted molar refractivity (Wildman–Crippen MR) is 117 cm³/mol. The SMILES string of the molecule is CCC(=O)OC1(c2ccccc2)CCN(CC#CCOc2ccccc2)CC1.Cl. The molecule has 29 heavy (non-hydrogen) atoms. The summed E-state index contributed by atoms with van der Waals surface area (Å²) in [6.07, 6.45) is 1.96. The fourth-order valence-corrected chi connectivity index (χ4v) is 3.41. The van der Waals surface area contributed by atoms with Crippen molar-refractivity contribution in [3.05, 3.63) is 66.2 Å². The van der Waals surface area contributed by atoms with Gasteiger partial charge in [-0.05, 0) is 17.7 Å². The number of benzene rings is 2. The van der Waals surface area contributed by atoms with Crippen LogP contribution < -0.4 is 4.74 Å². The van der Waals surface area contributed by atoms with E-state index in [2.05, 4.69) is 28.9 Å². The van der Waals surface area contributed by atoms with Crippen LogP contribution in [0.15, 0.2) is 60.7 Å². The van der Waals surface area contributed by atoms with Crippen LogP contribution in [-0.2, 0) is 15.1 Å². The van der Waals surface area contributed by atoms with Crippen LogP contribution >= 0.6 is 12.4 Å². The maximum atomic E-state index is 12.0. The zero-order valence-corrected chi connectivity index (χ0v) is 17.6. The highest BCUT2D eigenvalue weighted by Crippen LogP contribution is 2.37. The maximum absolute atomic E-state index is 12.0. The number of halogens is 1. The lowest BCUT2D eigenvalue weighted by Crippen LogP contribution is -2.45. The number of para-hydroxylation sites is 1. The van der Waals surface area contributed by atoms with Crippen LogP contribution in [0.4, 0.5) is 0 Å². The van der Waals surface area contributed by atoms with Crippen molar-refractivity contribution in [3.8, 4) is 17.6 Å². The average molecular weight is 414 g/mol. The lowest BCUT2D eigenvalue weighted by Gasteiger charge is -2.41. The molecule has 0 aromatic heterocycles. The van der Waals surface area contributed by atoms with Crippen LogP contribution in [0, 0.1) is 11.8 Å². The Balaban J connectivity index is 0.00000300. The molecule has 0 spiro atoms. The molecule has 1 heterocycles. The molecule has 5 heteroatoms. The number of esters is 1. The molecule has 1 aliphatic rings.